The first-order valence-corrected chi connectivity index (χ1v) is 4.49. The van der Waals surface area contributed by atoms with Gasteiger partial charge in [-0.05, 0) is 6.42 Å². The van der Waals surface area contributed by atoms with E-state index in [1.165, 1.54) is 45.3 Å². The fraction of sp³-hybridized carbons (Fsp3) is 0.889. The molecule has 0 bridgehead atoms. The van der Waals surface area contributed by atoms with E-state index in [4.69, 9.17) is 11.8 Å². The fourth-order valence-corrected chi connectivity index (χ4v) is 1.55. The zero-order chi connectivity index (χ0) is 8.53. The normalized spacial score (nSPS) is 17.4. The summed E-state index contributed by atoms with van der Waals surface area (Å²) < 4.78 is 0. The molecule has 1 rings (SSSR count). The predicted molar refractivity (Wildman–Crippen MR) is 44.7 cm³/mol. The van der Waals surface area contributed by atoms with Gasteiger partial charge in [-0.25, -0.2) is 0 Å². The average molecular weight is 154 g/mol. The average Bonchev–Trinajstić information content (AvgIpc) is 2.57. The molecule has 0 aromatic heterocycles. The Morgan fingerprint density at radius 1 is 1.27 bits per heavy atom. The quantitative estimate of drug-likeness (QED) is 0.591. The van der Waals surface area contributed by atoms with Crippen molar-refractivity contribution in [2.75, 3.05) is 19.6 Å². The summed E-state index contributed by atoms with van der Waals surface area (Å²) in [5.74, 6) is 0. The maximum atomic E-state index is 6.25. The molecule has 1 fully saturated rings. The number of hydrogen-bond acceptors (Lipinski definition) is 1. The fourth-order valence-electron chi connectivity index (χ4n) is 1.55. The van der Waals surface area contributed by atoms with Crippen LogP contribution in [0.5, 0.6) is 0 Å². The molecule has 2 heteroatoms. The van der Waals surface area contributed by atoms with Gasteiger partial charge >= 0.3 is 0 Å². The maximum absolute atomic E-state index is 6.25. The molecule has 11 heavy (non-hydrogen) atoms. The second-order valence-electron chi connectivity index (χ2n) is 3.06. The van der Waals surface area contributed by atoms with Crippen molar-refractivity contribution in [3.63, 3.8) is 0 Å². The standard InChI is InChI=1S/C8H17N.CN/c1-2-3-6-9-7-4-5-8-9;1-2/h2-8H2,1H3;/q;-1/p+1. The van der Waals surface area contributed by atoms with Crippen LogP contribution in [0, 0.1) is 11.8 Å². The van der Waals surface area contributed by atoms with E-state index < -0.39 is 0 Å². The van der Waals surface area contributed by atoms with E-state index in [1.807, 2.05) is 4.90 Å². The van der Waals surface area contributed by atoms with E-state index in [1.54, 1.807) is 0 Å². The molecule has 0 radical (unpaired) electrons. The molecular formula is C9H18N2. The van der Waals surface area contributed by atoms with Gasteiger partial charge in [-0.15, -0.1) is 0 Å². The van der Waals surface area contributed by atoms with E-state index in [-0.39, 0.29) is 0 Å². The summed E-state index contributed by atoms with van der Waals surface area (Å²) in [6.45, 7) is 11.3. The molecule has 1 aliphatic heterocycles. The lowest BCUT2D eigenvalue weighted by Crippen LogP contribution is -3.09. The summed E-state index contributed by atoms with van der Waals surface area (Å²) in [5.41, 5.74) is 0. The summed E-state index contributed by atoms with van der Waals surface area (Å²) in [6, 6.07) is 0. The Morgan fingerprint density at radius 2 is 1.82 bits per heavy atom. The minimum Gasteiger partial charge on any atom is -0.512 e. The van der Waals surface area contributed by atoms with Crippen molar-refractivity contribution in [2.24, 2.45) is 0 Å². The summed E-state index contributed by atoms with van der Waals surface area (Å²) in [5, 5.41) is 6.25. The van der Waals surface area contributed by atoms with E-state index in [0.29, 0.717) is 0 Å². The largest absolute Gasteiger partial charge is 0.512 e. The minimum atomic E-state index is 1.36. The van der Waals surface area contributed by atoms with Crippen LogP contribution < -0.4 is 4.90 Å². The van der Waals surface area contributed by atoms with Crippen molar-refractivity contribution >= 4 is 0 Å². The monoisotopic (exact) mass is 154 g/mol. The van der Waals surface area contributed by atoms with E-state index in [9.17, 15) is 0 Å². The van der Waals surface area contributed by atoms with Gasteiger partial charge in [-0.3, -0.25) is 0 Å². The van der Waals surface area contributed by atoms with Crippen molar-refractivity contribution in [2.45, 2.75) is 32.6 Å². The van der Waals surface area contributed by atoms with Crippen molar-refractivity contribution < 1.29 is 4.90 Å². The van der Waals surface area contributed by atoms with Crippen LogP contribution >= 0.6 is 0 Å². The Kier molecular flexibility index (Phi) is 7.18. The number of hydrogen-bond donors (Lipinski definition) is 1. The highest BCUT2D eigenvalue weighted by molar-refractivity contribution is 4.44. The van der Waals surface area contributed by atoms with Crippen LogP contribution in [0.1, 0.15) is 32.6 Å². The molecule has 0 saturated carbocycles. The van der Waals surface area contributed by atoms with Crippen LogP contribution in [0.4, 0.5) is 0 Å². The number of rotatable bonds is 3. The van der Waals surface area contributed by atoms with Gasteiger partial charge in [0.2, 0.25) is 0 Å². The highest BCUT2D eigenvalue weighted by atomic mass is 15.1. The van der Waals surface area contributed by atoms with Gasteiger partial charge in [-0.2, -0.15) is 0 Å². The van der Waals surface area contributed by atoms with Crippen molar-refractivity contribution in [1.29, 1.82) is 5.26 Å². The number of unbranched alkanes of at least 4 members (excludes halogenated alkanes) is 1. The third kappa shape index (κ3) is 4.80. The van der Waals surface area contributed by atoms with E-state index in [2.05, 4.69) is 6.92 Å². The molecule has 0 aliphatic carbocycles. The molecule has 0 aromatic rings. The molecule has 0 amide bonds. The summed E-state index contributed by atoms with van der Waals surface area (Å²) >= 11 is 0. The maximum Gasteiger partial charge on any atom is 0.0773 e. The van der Waals surface area contributed by atoms with Crippen LogP contribution in [0.25, 0.3) is 0 Å². The molecule has 1 saturated heterocycles. The van der Waals surface area contributed by atoms with Crippen molar-refractivity contribution in [1.82, 2.24) is 0 Å². The SMILES string of the molecule is CCCC[NH+]1CCCC1.[C-]#N. The first kappa shape index (κ1) is 10.4. The predicted octanol–water partition coefficient (Wildman–Crippen LogP) is 0.562. The number of quaternary nitrogens is 1. The van der Waals surface area contributed by atoms with Crippen LogP contribution in [0.3, 0.4) is 0 Å². The number of nitrogens with zero attached hydrogens (tertiary/aromatic N) is 1. The smallest absolute Gasteiger partial charge is 0.0773 e. The Morgan fingerprint density at radius 3 is 2.27 bits per heavy atom. The molecule has 1 aliphatic rings. The lowest BCUT2D eigenvalue weighted by Gasteiger charge is -2.09. The highest BCUT2D eigenvalue weighted by Gasteiger charge is 2.13. The van der Waals surface area contributed by atoms with Gasteiger partial charge in [0.1, 0.15) is 0 Å². The first-order chi connectivity index (χ1) is 5.43. The third-order valence-electron chi connectivity index (χ3n) is 2.19. The molecule has 2 nitrogen and oxygen atoms in total. The molecule has 0 spiro atoms. The van der Waals surface area contributed by atoms with Crippen LogP contribution in [-0.4, -0.2) is 19.6 Å². The van der Waals surface area contributed by atoms with Gasteiger partial charge in [0.25, 0.3) is 0 Å². The van der Waals surface area contributed by atoms with E-state index >= 15 is 0 Å². The Balaban J connectivity index is 0.000000461. The summed E-state index contributed by atoms with van der Waals surface area (Å²) in [4.78, 5) is 1.84. The van der Waals surface area contributed by atoms with Crippen LogP contribution in [0.2, 0.25) is 0 Å². The first-order valence-electron chi connectivity index (χ1n) is 4.49. The Bertz CT molecular complexity index is 93.0. The van der Waals surface area contributed by atoms with Gasteiger partial charge in [0.05, 0.1) is 19.6 Å². The second kappa shape index (κ2) is 7.56. The third-order valence-corrected chi connectivity index (χ3v) is 2.19. The Hall–Kier alpha value is -0.550. The zero-order valence-electron chi connectivity index (χ0n) is 7.40. The minimum absolute atomic E-state index is 1.36. The van der Waals surface area contributed by atoms with Gasteiger partial charge in [0.15, 0.2) is 0 Å². The molecule has 1 N–H and O–H groups in total. The molecular weight excluding hydrogens is 136 g/mol. The molecule has 0 unspecified atom stereocenters. The van der Waals surface area contributed by atoms with Crippen molar-refractivity contribution in [3.05, 3.63) is 6.57 Å². The van der Waals surface area contributed by atoms with Gasteiger partial charge < -0.3 is 16.7 Å². The summed E-state index contributed by atoms with van der Waals surface area (Å²) in [7, 11) is 0. The van der Waals surface area contributed by atoms with Crippen molar-refractivity contribution in [3.8, 4) is 0 Å². The van der Waals surface area contributed by atoms with Crippen LogP contribution in [0.15, 0.2) is 0 Å². The summed E-state index contributed by atoms with van der Waals surface area (Å²) in [6.07, 6.45) is 5.73. The molecule has 0 aromatic carbocycles. The topological polar surface area (TPSA) is 28.2 Å². The van der Waals surface area contributed by atoms with Gasteiger partial charge in [0, 0.05) is 12.8 Å². The lowest BCUT2D eigenvalue weighted by molar-refractivity contribution is -0.887. The number of nitrogens with one attached hydrogen (secondary N) is 1. The molecule has 0 atom stereocenters. The molecule has 1 heterocycles. The van der Waals surface area contributed by atoms with Gasteiger partial charge in [-0.1, -0.05) is 13.3 Å². The lowest BCUT2D eigenvalue weighted by atomic mass is 10.3. The van der Waals surface area contributed by atoms with E-state index in [0.717, 1.165) is 0 Å². The molecule has 64 valence electrons. The Labute approximate surface area is 69.8 Å². The van der Waals surface area contributed by atoms with Crippen LogP contribution in [-0.2, 0) is 0 Å². The zero-order valence-corrected chi connectivity index (χ0v) is 7.40. The number of likely N-dealkylation sites (tertiary alicyclic amines) is 1. The second-order valence-corrected chi connectivity index (χ2v) is 3.06. The highest BCUT2D eigenvalue weighted by Crippen LogP contribution is 1.88.